The zero-order valence-electron chi connectivity index (χ0n) is 13.1. The Labute approximate surface area is 141 Å². The molecule has 3 rings (SSSR count). The minimum atomic E-state index is -0.523. The van der Waals surface area contributed by atoms with E-state index in [1.54, 1.807) is 12.1 Å². The van der Waals surface area contributed by atoms with Gasteiger partial charge in [0.2, 0.25) is 5.89 Å². The molecule has 0 atom stereocenters. The Morgan fingerprint density at radius 1 is 1.24 bits per heavy atom. The largest absolute Gasteiger partial charge is 0.493 e. The van der Waals surface area contributed by atoms with Gasteiger partial charge in [-0.25, -0.2) is 9.37 Å². The van der Waals surface area contributed by atoms with Gasteiger partial charge in [-0.3, -0.25) is 10.1 Å². The van der Waals surface area contributed by atoms with Gasteiger partial charge in [-0.1, -0.05) is 6.07 Å². The molecule has 8 heteroatoms. The monoisotopic (exact) mass is 344 g/mol. The van der Waals surface area contributed by atoms with E-state index in [9.17, 15) is 14.5 Å². The molecule has 0 bridgehead atoms. The third-order valence-corrected chi connectivity index (χ3v) is 3.36. The lowest BCUT2D eigenvalue weighted by molar-refractivity contribution is -0.385. The van der Waals surface area contributed by atoms with Gasteiger partial charge in [0.25, 0.3) is 5.69 Å². The van der Waals surface area contributed by atoms with Crippen molar-refractivity contribution in [1.82, 2.24) is 4.98 Å². The molecule has 2 aromatic carbocycles. The standard InChI is InChI=1S/C17H13FN2O5/c1-23-15-6-5-14(20(21)22)8-16(15)24-9-13-10-25-17(19-13)11-3-2-4-12(18)7-11/h2-8,10H,9H2,1H3. The summed E-state index contributed by atoms with van der Waals surface area (Å²) in [7, 11) is 1.44. The highest BCUT2D eigenvalue weighted by atomic mass is 19.1. The highest BCUT2D eigenvalue weighted by Gasteiger charge is 2.14. The summed E-state index contributed by atoms with van der Waals surface area (Å²) in [5, 5.41) is 10.9. The summed E-state index contributed by atoms with van der Waals surface area (Å²) in [6.07, 6.45) is 1.38. The highest BCUT2D eigenvalue weighted by molar-refractivity contribution is 5.53. The van der Waals surface area contributed by atoms with Crippen LogP contribution >= 0.6 is 0 Å². The topological polar surface area (TPSA) is 87.6 Å². The van der Waals surface area contributed by atoms with Gasteiger partial charge in [0, 0.05) is 11.6 Å². The number of halogens is 1. The van der Waals surface area contributed by atoms with Crippen molar-refractivity contribution in [2.75, 3.05) is 7.11 Å². The van der Waals surface area contributed by atoms with E-state index in [1.807, 2.05) is 0 Å². The molecule has 0 saturated carbocycles. The smallest absolute Gasteiger partial charge is 0.273 e. The van der Waals surface area contributed by atoms with Gasteiger partial charge in [-0.05, 0) is 24.3 Å². The fourth-order valence-corrected chi connectivity index (χ4v) is 2.17. The predicted octanol–water partition coefficient (Wildman–Crippen LogP) is 3.98. The summed E-state index contributed by atoms with van der Waals surface area (Å²) in [6, 6.07) is 9.90. The van der Waals surface area contributed by atoms with Crippen LogP contribution in [-0.4, -0.2) is 17.0 Å². The fraction of sp³-hybridized carbons (Fsp3) is 0.118. The van der Waals surface area contributed by atoms with E-state index in [-0.39, 0.29) is 23.9 Å². The average Bonchev–Trinajstić information content (AvgIpc) is 3.08. The van der Waals surface area contributed by atoms with Crippen LogP contribution in [0.4, 0.5) is 10.1 Å². The molecule has 0 N–H and O–H groups in total. The van der Waals surface area contributed by atoms with Crippen molar-refractivity contribution in [2.45, 2.75) is 6.61 Å². The SMILES string of the molecule is COc1ccc([N+](=O)[O-])cc1OCc1coc(-c2cccc(F)c2)n1. The number of benzene rings is 2. The van der Waals surface area contributed by atoms with Crippen molar-refractivity contribution in [3.05, 3.63) is 70.4 Å². The summed E-state index contributed by atoms with van der Waals surface area (Å²) in [6.45, 7) is 0.0103. The van der Waals surface area contributed by atoms with Crippen LogP contribution in [-0.2, 0) is 6.61 Å². The number of nitro benzene ring substituents is 1. The van der Waals surface area contributed by atoms with Crippen LogP contribution in [0.2, 0.25) is 0 Å². The molecule has 3 aromatic rings. The molecule has 128 valence electrons. The van der Waals surface area contributed by atoms with Crippen LogP contribution in [0.15, 0.2) is 53.1 Å². The third-order valence-electron chi connectivity index (χ3n) is 3.36. The Morgan fingerprint density at radius 3 is 2.80 bits per heavy atom. The number of ether oxygens (including phenoxy) is 2. The number of nitro groups is 1. The zero-order chi connectivity index (χ0) is 17.8. The second-order valence-electron chi connectivity index (χ2n) is 5.04. The number of aromatic nitrogens is 1. The van der Waals surface area contributed by atoms with Crippen LogP contribution in [0.3, 0.4) is 0 Å². The Balaban J connectivity index is 1.76. The number of rotatable bonds is 6. The van der Waals surface area contributed by atoms with Gasteiger partial charge >= 0.3 is 0 Å². The van der Waals surface area contributed by atoms with Gasteiger partial charge in [0.15, 0.2) is 11.5 Å². The quantitative estimate of drug-likeness (QED) is 0.496. The zero-order valence-corrected chi connectivity index (χ0v) is 13.1. The summed E-state index contributed by atoms with van der Waals surface area (Å²) >= 11 is 0. The number of hydrogen-bond donors (Lipinski definition) is 0. The molecule has 0 spiro atoms. The molecule has 0 aliphatic carbocycles. The van der Waals surface area contributed by atoms with Crippen molar-refractivity contribution < 1.29 is 23.2 Å². The summed E-state index contributed by atoms with van der Waals surface area (Å²) < 4.78 is 29.2. The minimum absolute atomic E-state index is 0.0103. The first-order chi connectivity index (χ1) is 12.1. The van der Waals surface area contributed by atoms with Crippen LogP contribution in [0.1, 0.15) is 5.69 Å². The molecule has 0 unspecified atom stereocenters. The molecule has 0 saturated heterocycles. The van der Waals surface area contributed by atoms with Crippen LogP contribution in [0, 0.1) is 15.9 Å². The van der Waals surface area contributed by atoms with Crippen molar-refractivity contribution >= 4 is 5.69 Å². The molecule has 0 amide bonds. The molecule has 1 heterocycles. The van der Waals surface area contributed by atoms with Crippen molar-refractivity contribution in [3.63, 3.8) is 0 Å². The van der Waals surface area contributed by atoms with Crippen molar-refractivity contribution in [1.29, 1.82) is 0 Å². The summed E-state index contributed by atoms with van der Waals surface area (Å²) in [4.78, 5) is 14.6. The van der Waals surface area contributed by atoms with E-state index >= 15 is 0 Å². The van der Waals surface area contributed by atoms with Crippen molar-refractivity contribution in [3.8, 4) is 23.0 Å². The van der Waals surface area contributed by atoms with E-state index in [0.29, 0.717) is 17.0 Å². The molecule has 0 aliphatic rings. The molecule has 7 nitrogen and oxygen atoms in total. The molecule has 0 fully saturated rings. The van der Waals surface area contributed by atoms with Gasteiger partial charge in [-0.2, -0.15) is 0 Å². The maximum atomic E-state index is 13.3. The number of methoxy groups -OCH3 is 1. The Kier molecular flexibility index (Phi) is 4.60. The average molecular weight is 344 g/mol. The Morgan fingerprint density at radius 2 is 2.08 bits per heavy atom. The number of hydrogen-bond acceptors (Lipinski definition) is 6. The normalized spacial score (nSPS) is 10.5. The lowest BCUT2D eigenvalue weighted by Crippen LogP contribution is -1.99. The van der Waals surface area contributed by atoms with E-state index in [0.717, 1.165) is 0 Å². The maximum Gasteiger partial charge on any atom is 0.273 e. The maximum absolute atomic E-state index is 13.3. The first-order valence-electron chi connectivity index (χ1n) is 7.22. The van der Waals surface area contributed by atoms with Crippen molar-refractivity contribution in [2.24, 2.45) is 0 Å². The molecule has 25 heavy (non-hydrogen) atoms. The summed E-state index contributed by atoms with van der Waals surface area (Å²) in [5.74, 6) is 0.436. The van der Waals surface area contributed by atoms with Crippen LogP contribution < -0.4 is 9.47 Å². The van der Waals surface area contributed by atoms with Crippen LogP contribution in [0.25, 0.3) is 11.5 Å². The third kappa shape index (κ3) is 3.74. The molecule has 0 radical (unpaired) electrons. The molecule has 0 aliphatic heterocycles. The second kappa shape index (κ2) is 7.00. The first kappa shape index (κ1) is 16.4. The lowest BCUT2D eigenvalue weighted by atomic mass is 10.2. The number of nitrogens with zero attached hydrogens (tertiary/aromatic N) is 2. The first-order valence-corrected chi connectivity index (χ1v) is 7.22. The number of oxazole rings is 1. The summed E-state index contributed by atoms with van der Waals surface area (Å²) in [5.41, 5.74) is 0.836. The highest BCUT2D eigenvalue weighted by Crippen LogP contribution is 2.32. The van der Waals surface area contributed by atoms with Crippen LogP contribution in [0.5, 0.6) is 11.5 Å². The van der Waals surface area contributed by atoms with E-state index in [1.165, 1.54) is 43.7 Å². The fourth-order valence-electron chi connectivity index (χ4n) is 2.17. The van der Waals surface area contributed by atoms with Gasteiger partial charge in [0.05, 0.1) is 18.1 Å². The van der Waals surface area contributed by atoms with E-state index in [2.05, 4.69) is 4.98 Å². The molecule has 1 aromatic heterocycles. The lowest BCUT2D eigenvalue weighted by Gasteiger charge is -2.08. The Bertz CT molecular complexity index is 910. The predicted molar refractivity (Wildman–Crippen MR) is 85.9 cm³/mol. The van der Waals surface area contributed by atoms with E-state index < -0.39 is 10.7 Å². The molecular weight excluding hydrogens is 331 g/mol. The number of non-ortho nitro benzene ring substituents is 1. The van der Waals surface area contributed by atoms with Gasteiger partial charge in [-0.15, -0.1) is 0 Å². The second-order valence-corrected chi connectivity index (χ2v) is 5.04. The molecular formula is C17H13FN2O5. The van der Waals surface area contributed by atoms with Gasteiger partial charge < -0.3 is 13.9 Å². The van der Waals surface area contributed by atoms with Gasteiger partial charge in [0.1, 0.15) is 24.4 Å². The van der Waals surface area contributed by atoms with E-state index in [4.69, 9.17) is 13.9 Å². The minimum Gasteiger partial charge on any atom is -0.493 e. The Hall–Kier alpha value is -3.42.